The first-order chi connectivity index (χ1) is 21.5. The van der Waals surface area contributed by atoms with E-state index in [1.165, 1.54) is 4.90 Å². The fraction of sp³-hybridized carbons (Fsp3) is 0.576. The normalized spacial score (nSPS) is 27.1. The molecule has 7 N–H and O–H groups in total. The maximum absolute atomic E-state index is 14.2. The first-order valence-electron chi connectivity index (χ1n) is 15.7. The van der Waals surface area contributed by atoms with Gasteiger partial charge in [-0.1, -0.05) is 13.8 Å². The van der Waals surface area contributed by atoms with Crippen LogP contribution < -0.4 is 16.0 Å². The number of piperidine rings is 1. The monoisotopic (exact) mass is 639 g/mol. The van der Waals surface area contributed by atoms with Crippen molar-refractivity contribution in [1.82, 2.24) is 9.80 Å². The summed E-state index contributed by atoms with van der Waals surface area (Å²) in [5.41, 5.74) is 2.55. The topological polar surface area (TPSA) is 197 Å². The van der Waals surface area contributed by atoms with Crippen LogP contribution in [-0.4, -0.2) is 113 Å². The summed E-state index contributed by atoms with van der Waals surface area (Å²) in [7, 11) is 6.71. The molecule has 1 fully saturated rings. The van der Waals surface area contributed by atoms with E-state index in [9.17, 15) is 39.6 Å². The van der Waals surface area contributed by atoms with Gasteiger partial charge in [0, 0.05) is 43.7 Å². The minimum absolute atomic E-state index is 0.00656. The standard InChI is InChI=1S/C33H45N5O8/c1-15(2)14-38-9-7-16(8-10-38)32(45)35-20-13-21(36(3)4)18-11-17-12-19-25(37(5)6)28(41)24(31(34)44)30(43)33(19,46)29(42)22(17)27(40)23(18)26(20)39/h13,15-17,19,25,39,41-42,46H,7-12,14H2,1-6H3,(H2,34,44)(H,35,45)/t17?,19-,25-,33-/m0/s1. The lowest BCUT2D eigenvalue weighted by Crippen LogP contribution is -2.63. The van der Waals surface area contributed by atoms with Crippen LogP contribution in [0.3, 0.4) is 0 Å². The maximum Gasteiger partial charge on any atom is 0.255 e. The average molecular weight is 640 g/mol. The van der Waals surface area contributed by atoms with Gasteiger partial charge in [-0.2, -0.15) is 0 Å². The van der Waals surface area contributed by atoms with Crippen LogP contribution in [0, 0.1) is 23.7 Å². The number of rotatable bonds is 7. The number of hydrogen-bond donors (Lipinski definition) is 6. The summed E-state index contributed by atoms with van der Waals surface area (Å²) in [6, 6.07) is 0.559. The number of primary amides is 1. The molecule has 0 bridgehead atoms. The molecule has 1 aromatic rings. The quantitative estimate of drug-likeness (QED) is 0.187. The second-order valence-electron chi connectivity index (χ2n) is 14.0. The van der Waals surface area contributed by atoms with E-state index in [2.05, 4.69) is 24.1 Å². The Labute approximate surface area is 268 Å². The van der Waals surface area contributed by atoms with Gasteiger partial charge < -0.3 is 41.3 Å². The van der Waals surface area contributed by atoms with E-state index >= 15 is 0 Å². The van der Waals surface area contributed by atoms with Crippen LogP contribution in [0.1, 0.15) is 49.0 Å². The highest BCUT2D eigenvalue weighted by atomic mass is 16.3. The van der Waals surface area contributed by atoms with Gasteiger partial charge in [0.05, 0.1) is 17.3 Å². The average Bonchev–Trinajstić information content (AvgIpc) is 2.95. The van der Waals surface area contributed by atoms with Gasteiger partial charge in [-0.3, -0.25) is 24.1 Å². The lowest BCUT2D eigenvalue weighted by molar-refractivity contribution is -0.148. The highest BCUT2D eigenvalue weighted by Crippen LogP contribution is 2.54. The summed E-state index contributed by atoms with van der Waals surface area (Å²) in [5.74, 6) is -7.22. The van der Waals surface area contributed by atoms with Crippen molar-refractivity contribution in [2.75, 3.05) is 58.0 Å². The molecule has 13 heteroatoms. The van der Waals surface area contributed by atoms with Crippen molar-refractivity contribution in [3.63, 3.8) is 0 Å². The number of phenolic OH excluding ortho intramolecular Hbond substituents is 1. The number of aromatic hydroxyl groups is 1. The highest BCUT2D eigenvalue weighted by molar-refractivity contribution is 6.25. The second-order valence-corrected chi connectivity index (χ2v) is 14.0. The molecule has 1 heterocycles. The lowest BCUT2D eigenvalue weighted by atomic mass is 9.58. The molecule has 250 valence electrons. The van der Waals surface area contributed by atoms with Gasteiger partial charge in [0.25, 0.3) is 5.91 Å². The summed E-state index contributed by atoms with van der Waals surface area (Å²) in [5, 5.41) is 48.7. The molecule has 13 nitrogen and oxygen atoms in total. The van der Waals surface area contributed by atoms with Crippen molar-refractivity contribution in [3.8, 4) is 5.75 Å². The smallest absolute Gasteiger partial charge is 0.255 e. The summed E-state index contributed by atoms with van der Waals surface area (Å²) in [6.07, 6.45) is 1.46. The Morgan fingerprint density at radius 2 is 1.74 bits per heavy atom. The number of aliphatic hydroxyl groups is 3. The molecule has 0 saturated carbocycles. The van der Waals surface area contributed by atoms with Crippen LogP contribution in [-0.2, 0) is 20.8 Å². The number of aliphatic hydroxyl groups excluding tert-OH is 2. The fourth-order valence-corrected chi connectivity index (χ4v) is 7.92. The van der Waals surface area contributed by atoms with Crippen molar-refractivity contribution in [3.05, 3.63) is 39.9 Å². The largest absolute Gasteiger partial charge is 0.510 e. The predicted octanol–water partition coefficient (Wildman–Crippen LogP) is 1.49. The third-order valence-electron chi connectivity index (χ3n) is 10.0. The number of hydrogen-bond acceptors (Lipinski definition) is 11. The number of phenols is 1. The van der Waals surface area contributed by atoms with E-state index in [4.69, 9.17) is 5.73 Å². The molecule has 1 aliphatic heterocycles. The molecule has 1 unspecified atom stereocenters. The van der Waals surface area contributed by atoms with Crippen LogP contribution in [0.15, 0.2) is 28.7 Å². The van der Waals surface area contributed by atoms with E-state index in [0.29, 0.717) is 30.0 Å². The third-order valence-corrected chi connectivity index (χ3v) is 10.0. The number of nitrogens with one attached hydrogen (secondary N) is 1. The van der Waals surface area contributed by atoms with Crippen molar-refractivity contribution >= 4 is 34.8 Å². The van der Waals surface area contributed by atoms with E-state index in [1.807, 2.05) is 0 Å². The Hall–Kier alpha value is -3.94. The zero-order chi connectivity index (χ0) is 34.0. The number of likely N-dealkylation sites (N-methyl/N-ethyl adjacent to an activating group) is 1. The number of benzene rings is 1. The van der Waals surface area contributed by atoms with Crippen LogP contribution in [0.25, 0.3) is 0 Å². The van der Waals surface area contributed by atoms with Gasteiger partial charge >= 0.3 is 0 Å². The number of allylic oxidation sites excluding steroid dienone is 1. The minimum Gasteiger partial charge on any atom is -0.510 e. The number of ketones is 2. The Morgan fingerprint density at radius 3 is 2.28 bits per heavy atom. The maximum atomic E-state index is 14.2. The summed E-state index contributed by atoms with van der Waals surface area (Å²) >= 11 is 0. The van der Waals surface area contributed by atoms with Gasteiger partial charge in [-0.05, 0) is 76.3 Å². The third kappa shape index (κ3) is 5.23. The molecular weight excluding hydrogens is 594 g/mol. The first kappa shape index (κ1) is 33.4. The Morgan fingerprint density at radius 1 is 1.11 bits per heavy atom. The summed E-state index contributed by atoms with van der Waals surface area (Å²) in [4.78, 5) is 59.0. The zero-order valence-corrected chi connectivity index (χ0v) is 27.3. The Balaban J connectivity index is 1.55. The van der Waals surface area contributed by atoms with Gasteiger partial charge in [-0.25, -0.2) is 0 Å². The van der Waals surface area contributed by atoms with E-state index in [-0.39, 0.29) is 41.5 Å². The zero-order valence-electron chi connectivity index (χ0n) is 27.3. The number of anilines is 2. The van der Waals surface area contributed by atoms with Crippen LogP contribution in [0.4, 0.5) is 11.4 Å². The number of amides is 2. The van der Waals surface area contributed by atoms with Gasteiger partial charge in [-0.15, -0.1) is 0 Å². The lowest BCUT2D eigenvalue weighted by Gasteiger charge is -2.50. The number of nitrogens with two attached hydrogens (primary N) is 1. The van der Waals surface area contributed by atoms with Crippen LogP contribution >= 0.6 is 0 Å². The van der Waals surface area contributed by atoms with Crippen LogP contribution in [0.5, 0.6) is 5.75 Å². The number of fused-ring (bicyclic) bond motifs is 3. The molecule has 2 amide bonds. The van der Waals surface area contributed by atoms with Crippen molar-refractivity contribution < 1.29 is 39.6 Å². The van der Waals surface area contributed by atoms with E-state index < -0.39 is 63.8 Å². The fourth-order valence-electron chi connectivity index (χ4n) is 7.92. The molecule has 0 radical (unpaired) electrons. The predicted molar refractivity (Wildman–Crippen MR) is 171 cm³/mol. The molecule has 46 heavy (non-hydrogen) atoms. The molecule has 3 aliphatic carbocycles. The minimum atomic E-state index is -2.72. The van der Waals surface area contributed by atoms with Gasteiger partial charge in [0.1, 0.15) is 17.1 Å². The Bertz CT molecular complexity index is 1550. The van der Waals surface area contributed by atoms with Crippen molar-refractivity contribution in [2.45, 2.75) is 51.2 Å². The van der Waals surface area contributed by atoms with Crippen LogP contribution in [0.2, 0.25) is 0 Å². The summed E-state index contributed by atoms with van der Waals surface area (Å²) < 4.78 is 0. The second kappa shape index (κ2) is 12.0. The SMILES string of the molecule is CC(C)CN1CCC(C(=O)Nc2cc(N(C)C)c3c(c2O)C(=O)C2=C(O)[C@]4(O)C(=O)C(C(N)=O)=C(O)[C@@H](N(C)C)[C@@H]4CC2C3)CC1. The molecule has 4 atom stereocenters. The summed E-state index contributed by atoms with van der Waals surface area (Å²) in [6.45, 7) is 6.82. The van der Waals surface area contributed by atoms with Crippen molar-refractivity contribution in [1.29, 1.82) is 0 Å². The molecule has 5 rings (SSSR count). The molecule has 1 aromatic carbocycles. The number of Topliss-reactive ketones (excluding diaryl/α,β-unsaturated/α-hetero) is 2. The van der Waals surface area contributed by atoms with Gasteiger partial charge in [0.2, 0.25) is 11.7 Å². The molecule has 0 spiro atoms. The number of carbonyl (C=O) groups excluding carboxylic acids is 4. The number of nitrogens with zero attached hydrogens (tertiary/aromatic N) is 3. The molecule has 0 aromatic heterocycles. The first-order valence-corrected chi connectivity index (χ1v) is 15.7. The van der Waals surface area contributed by atoms with E-state index in [0.717, 1.165) is 19.6 Å². The van der Waals surface area contributed by atoms with Gasteiger partial charge in [0.15, 0.2) is 17.1 Å². The number of carbonyl (C=O) groups is 4. The molecule has 1 saturated heterocycles. The number of likely N-dealkylation sites (tertiary alicyclic amines) is 1. The Kier molecular flexibility index (Phi) is 8.73. The molecule has 4 aliphatic rings. The van der Waals surface area contributed by atoms with E-state index in [1.54, 1.807) is 39.2 Å². The van der Waals surface area contributed by atoms with Crippen molar-refractivity contribution in [2.24, 2.45) is 29.4 Å². The molecular formula is C33H45N5O8. The highest BCUT2D eigenvalue weighted by Gasteiger charge is 2.63.